The molecule has 1 saturated carbocycles. The van der Waals surface area contributed by atoms with Crippen LogP contribution in [0.4, 0.5) is 0 Å². The predicted octanol–water partition coefficient (Wildman–Crippen LogP) is 1.92. The van der Waals surface area contributed by atoms with Crippen molar-refractivity contribution in [1.29, 1.82) is 0 Å². The molecule has 1 heterocycles. The molecule has 2 N–H and O–H groups in total. The van der Waals surface area contributed by atoms with Crippen LogP contribution in [0, 0.1) is 5.92 Å². The Kier molecular flexibility index (Phi) is 4.68. The number of nitrogens with two attached hydrogens (primary N) is 1. The molecule has 3 nitrogen and oxygen atoms in total. The molecule has 18 heavy (non-hydrogen) atoms. The lowest BCUT2D eigenvalue weighted by Crippen LogP contribution is -2.55. The molecule has 2 unspecified atom stereocenters. The van der Waals surface area contributed by atoms with E-state index in [0.717, 1.165) is 18.5 Å². The highest BCUT2D eigenvalue weighted by Gasteiger charge is 2.33. The van der Waals surface area contributed by atoms with Gasteiger partial charge in [-0.15, -0.1) is 0 Å². The minimum absolute atomic E-state index is 0.0791. The SMILES string of the molecule is CC1CCCC(N)(CN(C)C2CCN(C)CC2)C1. The number of likely N-dealkylation sites (tertiary alicyclic amines) is 1. The molecule has 1 aliphatic carbocycles. The zero-order valence-corrected chi connectivity index (χ0v) is 12.5. The Morgan fingerprint density at radius 1 is 1.28 bits per heavy atom. The average Bonchev–Trinajstić information content (AvgIpc) is 2.28. The molecular weight excluding hydrogens is 222 g/mol. The van der Waals surface area contributed by atoms with Crippen LogP contribution in [0.3, 0.4) is 0 Å². The Labute approximate surface area is 113 Å². The van der Waals surface area contributed by atoms with E-state index >= 15 is 0 Å². The van der Waals surface area contributed by atoms with Crippen LogP contribution < -0.4 is 5.73 Å². The molecule has 0 aromatic heterocycles. The third-order valence-electron chi connectivity index (χ3n) is 5.00. The van der Waals surface area contributed by atoms with Crippen molar-refractivity contribution in [3.63, 3.8) is 0 Å². The van der Waals surface area contributed by atoms with Gasteiger partial charge < -0.3 is 15.5 Å². The molecule has 106 valence electrons. The fourth-order valence-corrected chi connectivity index (χ4v) is 3.91. The molecule has 2 aliphatic rings. The van der Waals surface area contributed by atoms with Crippen LogP contribution in [0.25, 0.3) is 0 Å². The number of hydrogen-bond acceptors (Lipinski definition) is 3. The van der Waals surface area contributed by atoms with E-state index in [-0.39, 0.29) is 5.54 Å². The topological polar surface area (TPSA) is 32.5 Å². The van der Waals surface area contributed by atoms with Gasteiger partial charge in [-0.2, -0.15) is 0 Å². The molecule has 0 radical (unpaired) electrons. The summed E-state index contributed by atoms with van der Waals surface area (Å²) in [5, 5.41) is 0. The van der Waals surface area contributed by atoms with Gasteiger partial charge in [0.15, 0.2) is 0 Å². The molecule has 0 bridgehead atoms. The van der Waals surface area contributed by atoms with Crippen LogP contribution >= 0.6 is 0 Å². The molecule has 2 rings (SSSR count). The van der Waals surface area contributed by atoms with Crippen LogP contribution in [0.5, 0.6) is 0 Å². The Morgan fingerprint density at radius 3 is 2.56 bits per heavy atom. The maximum atomic E-state index is 6.63. The van der Waals surface area contributed by atoms with E-state index in [1.807, 2.05) is 0 Å². The first-order chi connectivity index (χ1) is 8.48. The molecule has 0 aromatic rings. The summed E-state index contributed by atoms with van der Waals surface area (Å²) in [7, 11) is 4.51. The van der Waals surface area contributed by atoms with Gasteiger partial charge in [0.2, 0.25) is 0 Å². The first kappa shape index (κ1) is 14.3. The Balaban J connectivity index is 1.84. The summed E-state index contributed by atoms with van der Waals surface area (Å²) in [4.78, 5) is 4.98. The van der Waals surface area contributed by atoms with Gasteiger partial charge in [0, 0.05) is 18.1 Å². The fraction of sp³-hybridized carbons (Fsp3) is 1.00. The number of likely N-dealkylation sites (N-methyl/N-ethyl adjacent to an activating group) is 1. The van der Waals surface area contributed by atoms with Gasteiger partial charge in [-0.1, -0.05) is 19.8 Å². The second-order valence-corrected chi connectivity index (χ2v) is 7.01. The second kappa shape index (κ2) is 5.89. The summed E-state index contributed by atoms with van der Waals surface area (Å²) in [5.74, 6) is 0.814. The van der Waals surface area contributed by atoms with Crippen molar-refractivity contribution in [2.75, 3.05) is 33.7 Å². The van der Waals surface area contributed by atoms with Gasteiger partial charge >= 0.3 is 0 Å². The van der Waals surface area contributed by atoms with E-state index in [1.54, 1.807) is 0 Å². The number of nitrogens with zero attached hydrogens (tertiary/aromatic N) is 2. The summed E-state index contributed by atoms with van der Waals surface area (Å²) < 4.78 is 0. The van der Waals surface area contributed by atoms with Gasteiger partial charge in [0.05, 0.1) is 0 Å². The maximum absolute atomic E-state index is 6.63. The van der Waals surface area contributed by atoms with Crippen LogP contribution in [0.1, 0.15) is 45.4 Å². The van der Waals surface area contributed by atoms with Crippen molar-refractivity contribution < 1.29 is 0 Å². The van der Waals surface area contributed by atoms with Gasteiger partial charge in [0.25, 0.3) is 0 Å². The Hall–Kier alpha value is -0.120. The molecule has 1 aliphatic heterocycles. The van der Waals surface area contributed by atoms with Crippen molar-refractivity contribution >= 4 is 0 Å². The van der Waals surface area contributed by atoms with Crippen molar-refractivity contribution in [1.82, 2.24) is 9.80 Å². The molecule has 0 spiro atoms. The number of piperidine rings is 1. The lowest BCUT2D eigenvalue weighted by Gasteiger charge is -2.43. The molecule has 2 atom stereocenters. The molecule has 2 fully saturated rings. The lowest BCUT2D eigenvalue weighted by atomic mass is 9.76. The first-order valence-electron chi connectivity index (χ1n) is 7.66. The maximum Gasteiger partial charge on any atom is 0.0285 e. The van der Waals surface area contributed by atoms with Crippen LogP contribution in [0.2, 0.25) is 0 Å². The molecule has 1 saturated heterocycles. The van der Waals surface area contributed by atoms with Gasteiger partial charge in [-0.3, -0.25) is 0 Å². The van der Waals surface area contributed by atoms with Crippen LogP contribution in [0.15, 0.2) is 0 Å². The monoisotopic (exact) mass is 253 g/mol. The molecule has 3 heteroatoms. The largest absolute Gasteiger partial charge is 0.324 e. The van der Waals surface area contributed by atoms with Gasteiger partial charge in [-0.25, -0.2) is 0 Å². The highest BCUT2D eigenvalue weighted by Crippen LogP contribution is 2.31. The molecule has 0 aromatic carbocycles. The smallest absolute Gasteiger partial charge is 0.0285 e. The average molecular weight is 253 g/mol. The Bertz CT molecular complexity index is 260. The summed E-state index contributed by atoms with van der Waals surface area (Å²) in [6.45, 7) is 5.92. The van der Waals surface area contributed by atoms with Crippen LogP contribution in [-0.2, 0) is 0 Å². The van der Waals surface area contributed by atoms with E-state index in [2.05, 4.69) is 30.8 Å². The normalized spacial score (nSPS) is 36.2. The van der Waals surface area contributed by atoms with Crippen molar-refractivity contribution in [2.45, 2.75) is 57.0 Å². The summed E-state index contributed by atoms with van der Waals surface area (Å²) >= 11 is 0. The minimum atomic E-state index is 0.0791. The van der Waals surface area contributed by atoms with E-state index in [1.165, 1.54) is 51.6 Å². The van der Waals surface area contributed by atoms with Crippen molar-refractivity contribution in [3.8, 4) is 0 Å². The highest BCUT2D eigenvalue weighted by atomic mass is 15.2. The fourth-order valence-electron chi connectivity index (χ4n) is 3.91. The third-order valence-corrected chi connectivity index (χ3v) is 5.00. The first-order valence-corrected chi connectivity index (χ1v) is 7.66. The van der Waals surface area contributed by atoms with Gasteiger partial charge in [0.1, 0.15) is 0 Å². The molecule has 0 amide bonds. The lowest BCUT2D eigenvalue weighted by molar-refractivity contribution is 0.0995. The van der Waals surface area contributed by atoms with E-state index < -0.39 is 0 Å². The Morgan fingerprint density at radius 2 is 1.94 bits per heavy atom. The van der Waals surface area contributed by atoms with Crippen molar-refractivity contribution in [2.24, 2.45) is 11.7 Å². The zero-order valence-electron chi connectivity index (χ0n) is 12.5. The quantitative estimate of drug-likeness (QED) is 0.834. The number of rotatable bonds is 3. The van der Waals surface area contributed by atoms with E-state index in [4.69, 9.17) is 5.73 Å². The standard InChI is InChI=1S/C15H31N3/c1-13-5-4-8-15(16,11-13)12-18(3)14-6-9-17(2)10-7-14/h13-14H,4-12,16H2,1-3H3. The third kappa shape index (κ3) is 3.69. The van der Waals surface area contributed by atoms with Crippen molar-refractivity contribution in [3.05, 3.63) is 0 Å². The zero-order chi connectivity index (χ0) is 13.2. The van der Waals surface area contributed by atoms with E-state index in [0.29, 0.717) is 0 Å². The van der Waals surface area contributed by atoms with Crippen LogP contribution in [-0.4, -0.2) is 55.1 Å². The summed E-state index contributed by atoms with van der Waals surface area (Å²) in [6, 6.07) is 0.749. The van der Waals surface area contributed by atoms with E-state index in [9.17, 15) is 0 Å². The predicted molar refractivity (Wildman–Crippen MR) is 77.7 cm³/mol. The summed E-state index contributed by atoms with van der Waals surface area (Å²) in [5.41, 5.74) is 6.71. The minimum Gasteiger partial charge on any atom is -0.324 e. The second-order valence-electron chi connectivity index (χ2n) is 7.01. The summed E-state index contributed by atoms with van der Waals surface area (Å²) in [6.07, 6.45) is 7.73. The molecular formula is C15H31N3. The number of hydrogen-bond donors (Lipinski definition) is 1. The highest BCUT2D eigenvalue weighted by molar-refractivity contribution is 4.93. The van der Waals surface area contributed by atoms with Gasteiger partial charge in [-0.05, 0) is 58.8 Å².